The van der Waals surface area contributed by atoms with E-state index in [9.17, 15) is 4.79 Å². The van der Waals surface area contributed by atoms with Crippen LogP contribution >= 0.6 is 0 Å². The fourth-order valence-corrected chi connectivity index (χ4v) is 2.31. The average molecular weight is 281 g/mol. The summed E-state index contributed by atoms with van der Waals surface area (Å²) in [6, 6.07) is 5.57. The van der Waals surface area contributed by atoms with E-state index in [2.05, 4.69) is 0 Å². The third-order valence-electron chi connectivity index (χ3n) is 3.57. The highest BCUT2D eigenvalue weighted by Gasteiger charge is 2.23. The van der Waals surface area contributed by atoms with E-state index in [4.69, 9.17) is 20.3 Å². The summed E-state index contributed by atoms with van der Waals surface area (Å²) in [6.45, 7) is 2.16. The molecule has 112 valence electrons. The summed E-state index contributed by atoms with van der Waals surface area (Å²) < 4.78 is 10.6. The molecule has 2 unspecified atom stereocenters. The molecule has 0 saturated heterocycles. The topological polar surface area (TPSA) is 81.8 Å². The van der Waals surface area contributed by atoms with Crippen molar-refractivity contribution in [3.05, 3.63) is 23.8 Å². The van der Waals surface area contributed by atoms with Crippen molar-refractivity contribution in [2.24, 2.45) is 11.7 Å². The Kier molecular flexibility index (Phi) is 6.31. The van der Waals surface area contributed by atoms with E-state index in [1.165, 1.54) is 0 Å². The molecule has 0 bridgehead atoms. The first-order valence-electron chi connectivity index (χ1n) is 6.72. The quantitative estimate of drug-likeness (QED) is 0.763. The number of hydrogen-bond donors (Lipinski definition) is 2. The number of benzene rings is 1. The van der Waals surface area contributed by atoms with Crippen molar-refractivity contribution in [1.82, 2.24) is 0 Å². The molecule has 5 nitrogen and oxygen atoms in total. The van der Waals surface area contributed by atoms with Crippen molar-refractivity contribution < 1.29 is 19.4 Å². The molecule has 0 heterocycles. The molecule has 0 aromatic heterocycles. The van der Waals surface area contributed by atoms with Crippen LogP contribution < -0.4 is 15.2 Å². The third-order valence-corrected chi connectivity index (χ3v) is 3.57. The van der Waals surface area contributed by atoms with Crippen molar-refractivity contribution in [3.8, 4) is 11.5 Å². The first-order valence-corrected chi connectivity index (χ1v) is 6.72. The van der Waals surface area contributed by atoms with Gasteiger partial charge < -0.3 is 20.3 Å². The van der Waals surface area contributed by atoms with E-state index in [0.29, 0.717) is 6.42 Å². The lowest BCUT2D eigenvalue weighted by molar-refractivity contribution is -0.141. The molecule has 0 aliphatic rings. The summed E-state index contributed by atoms with van der Waals surface area (Å²) in [6.07, 6.45) is 1.30. The van der Waals surface area contributed by atoms with Gasteiger partial charge in [-0.2, -0.15) is 0 Å². The molecule has 1 aromatic carbocycles. The van der Waals surface area contributed by atoms with Gasteiger partial charge in [-0.1, -0.05) is 6.92 Å². The summed E-state index contributed by atoms with van der Waals surface area (Å²) in [5.41, 5.74) is 6.51. The zero-order valence-corrected chi connectivity index (χ0v) is 12.3. The summed E-state index contributed by atoms with van der Waals surface area (Å²) >= 11 is 0. The highest BCUT2D eigenvalue weighted by atomic mass is 16.5. The number of carbonyl (C=O) groups is 1. The number of rotatable bonds is 8. The Bertz CT molecular complexity index is 447. The molecule has 20 heavy (non-hydrogen) atoms. The Labute approximate surface area is 119 Å². The standard InChI is InChI=1S/C15H23NO4/c1-4-10(7-11(9-16)15(17)18)13-8-12(19-2)5-6-14(13)20-3/h5-6,8,10-11H,4,7,9,16H2,1-3H3,(H,17,18). The third kappa shape index (κ3) is 3.87. The van der Waals surface area contributed by atoms with Crippen LogP contribution in [-0.4, -0.2) is 31.8 Å². The molecular formula is C15H23NO4. The van der Waals surface area contributed by atoms with Gasteiger partial charge in [0.25, 0.3) is 0 Å². The van der Waals surface area contributed by atoms with Crippen LogP contribution in [0.3, 0.4) is 0 Å². The van der Waals surface area contributed by atoms with Crippen molar-refractivity contribution in [2.45, 2.75) is 25.7 Å². The van der Waals surface area contributed by atoms with Crippen LogP contribution in [0.1, 0.15) is 31.2 Å². The lowest BCUT2D eigenvalue weighted by Gasteiger charge is -2.22. The van der Waals surface area contributed by atoms with Crippen LogP contribution in [0.5, 0.6) is 11.5 Å². The largest absolute Gasteiger partial charge is 0.497 e. The Hall–Kier alpha value is -1.75. The van der Waals surface area contributed by atoms with Crippen LogP contribution in [0.15, 0.2) is 18.2 Å². The zero-order chi connectivity index (χ0) is 15.1. The molecule has 0 radical (unpaired) electrons. The van der Waals surface area contributed by atoms with Crippen LogP contribution in [0.2, 0.25) is 0 Å². The Balaban J connectivity index is 3.06. The fraction of sp³-hybridized carbons (Fsp3) is 0.533. The highest BCUT2D eigenvalue weighted by molar-refractivity contribution is 5.70. The molecule has 0 saturated carbocycles. The van der Waals surface area contributed by atoms with Gasteiger partial charge in [0, 0.05) is 12.1 Å². The SMILES string of the molecule is CCC(CC(CN)C(=O)O)c1cc(OC)ccc1OC. The molecule has 1 rings (SSSR count). The molecule has 0 aliphatic carbocycles. The Morgan fingerprint density at radius 1 is 1.35 bits per heavy atom. The fourth-order valence-electron chi connectivity index (χ4n) is 2.31. The maximum absolute atomic E-state index is 11.2. The molecule has 1 aromatic rings. The van der Waals surface area contributed by atoms with Crippen molar-refractivity contribution in [1.29, 1.82) is 0 Å². The number of hydrogen-bond acceptors (Lipinski definition) is 4. The molecule has 3 N–H and O–H groups in total. The lowest BCUT2D eigenvalue weighted by Crippen LogP contribution is -2.25. The summed E-state index contributed by atoms with van der Waals surface area (Å²) in [4.78, 5) is 11.2. The van der Waals surface area contributed by atoms with Crippen LogP contribution in [0, 0.1) is 5.92 Å². The maximum Gasteiger partial charge on any atom is 0.307 e. The van der Waals surface area contributed by atoms with E-state index in [0.717, 1.165) is 23.5 Å². The van der Waals surface area contributed by atoms with E-state index >= 15 is 0 Å². The first-order chi connectivity index (χ1) is 9.57. The van der Waals surface area contributed by atoms with E-state index in [1.54, 1.807) is 14.2 Å². The van der Waals surface area contributed by atoms with E-state index in [-0.39, 0.29) is 12.5 Å². The van der Waals surface area contributed by atoms with Crippen LogP contribution in [0.25, 0.3) is 0 Å². The molecular weight excluding hydrogens is 258 g/mol. The number of nitrogens with two attached hydrogens (primary N) is 1. The van der Waals surface area contributed by atoms with E-state index in [1.807, 2.05) is 25.1 Å². The number of carboxylic acids is 1. The molecule has 2 atom stereocenters. The molecule has 0 fully saturated rings. The van der Waals surface area contributed by atoms with Gasteiger partial charge in [0.2, 0.25) is 0 Å². The Morgan fingerprint density at radius 3 is 2.50 bits per heavy atom. The molecule has 0 spiro atoms. The normalized spacial score (nSPS) is 13.6. The summed E-state index contributed by atoms with van der Waals surface area (Å²) in [5, 5.41) is 9.16. The second-order valence-electron chi connectivity index (χ2n) is 4.72. The average Bonchev–Trinajstić information content (AvgIpc) is 2.47. The monoisotopic (exact) mass is 281 g/mol. The minimum absolute atomic E-state index is 0.0738. The van der Waals surface area contributed by atoms with Gasteiger partial charge in [-0.15, -0.1) is 0 Å². The number of carboxylic acid groups (broad SMARTS) is 1. The molecule has 0 aliphatic heterocycles. The van der Waals surface area contributed by atoms with Crippen molar-refractivity contribution in [2.75, 3.05) is 20.8 Å². The van der Waals surface area contributed by atoms with Gasteiger partial charge >= 0.3 is 5.97 Å². The minimum atomic E-state index is -0.854. The minimum Gasteiger partial charge on any atom is -0.497 e. The summed E-state index contributed by atoms with van der Waals surface area (Å²) in [7, 11) is 3.21. The second-order valence-corrected chi connectivity index (χ2v) is 4.72. The highest BCUT2D eigenvalue weighted by Crippen LogP contribution is 2.36. The van der Waals surface area contributed by atoms with Gasteiger partial charge in [0.1, 0.15) is 11.5 Å². The van der Waals surface area contributed by atoms with Crippen molar-refractivity contribution in [3.63, 3.8) is 0 Å². The van der Waals surface area contributed by atoms with Crippen LogP contribution in [0.4, 0.5) is 0 Å². The molecule has 5 heteroatoms. The smallest absolute Gasteiger partial charge is 0.307 e. The van der Waals surface area contributed by atoms with Gasteiger partial charge in [0.05, 0.1) is 20.1 Å². The first kappa shape index (κ1) is 16.3. The summed E-state index contributed by atoms with van der Waals surface area (Å²) in [5.74, 6) is 0.158. The van der Waals surface area contributed by atoms with Crippen molar-refractivity contribution >= 4 is 5.97 Å². The maximum atomic E-state index is 11.2. The van der Waals surface area contributed by atoms with Gasteiger partial charge in [0.15, 0.2) is 0 Å². The lowest BCUT2D eigenvalue weighted by atomic mass is 9.86. The number of aliphatic carboxylic acids is 1. The van der Waals surface area contributed by atoms with Gasteiger partial charge in [-0.25, -0.2) is 0 Å². The number of ether oxygens (including phenoxy) is 2. The predicted octanol–water partition coefficient (Wildman–Crippen LogP) is 2.25. The van der Waals surface area contributed by atoms with Crippen LogP contribution in [-0.2, 0) is 4.79 Å². The predicted molar refractivity (Wildman–Crippen MR) is 77.4 cm³/mol. The second kappa shape index (κ2) is 7.75. The number of methoxy groups -OCH3 is 2. The zero-order valence-electron chi connectivity index (χ0n) is 12.3. The van der Waals surface area contributed by atoms with Gasteiger partial charge in [-0.05, 0) is 37.0 Å². The molecule has 0 amide bonds. The van der Waals surface area contributed by atoms with E-state index < -0.39 is 11.9 Å². The van der Waals surface area contributed by atoms with Gasteiger partial charge in [-0.3, -0.25) is 4.79 Å². The Morgan fingerprint density at radius 2 is 2.05 bits per heavy atom.